The van der Waals surface area contributed by atoms with Crippen molar-refractivity contribution >= 4 is 23.4 Å². The largest absolute Gasteiger partial charge is 0.480 e. The van der Waals surface area contributed by atoms with E-state index in [1.807, 2.05) is 0 Å². The molecule has 0 bridgehead atoms. The molecule has 0 aromatic heterocycles. The van der Waals surface area contributed by atoms with Gasteiger partial charge in [-0.15, -0.1) is 11.6 Å². The van der Waals surface area contributed by atoms with E-state index in [2.05, 4.69) is 0 Å². The predicted molar refractivity (Wildman–Crippen MR) is 53.2 cm³/mol. The summed E-state index contributed by atoms with van der Waals surface area (Å²) in [6.45, 7) is 0.449. The van der Waals surface area contributed by atoms with Crippen LogP contribution in [-0.2, 0) is 9.59 Å². The summed E-state index contributed by atoms with van der Waals surface area (Å²) in [6.07, 6.45) is 1.22. The van der Waals surface area contributed by atoms with Gasteiger partial charge in [0.25, 0.3) is 0 Å². The van der Waals surface area contributed by atoms with Crippen LogP contribution in [0.5, 0.6) is 0 Å². The van der Waals surface area contributed by atoms with E-state index >= 15 is 0 Å². The van der Waals surface area contributed by atoms with Crippen LogP contribution in [0.25, 0.3) is 0 Å². The Balaban J connectivity index is 4.40. The van der Waals surface area contributed by atoms with Gasteiger partial charge in [-0.25, -0.2) is 4.79 Å². The minimum absolute atomic E-state index is 0.0745. The number of carboxylic acid groups (broad SMARTS) is 1. The van der Waals surface area contributed by atoms with Crippen molar-refractivity contribution in [1.29, 1.82) is 0 Å². The molecule has 0 fully saturated rings. The Kier molecular flexibility index (Phi) is 5.68. The fraction of sp³-hybridized carbons (Fsp3) is 0.750. The van der Waals surface area contributed by atoms with Crippen LogP contribution in [0.4, 0.5) is 0 Å². The Morgan fingerprint density at radius 3 is 2.29 bits per heavy atom. The SMILES string of the molecule is NCCCC[C@](N)(C(=O)O)C(=O)CCl. The lowest BCUT2D eigenvalue weighted by molar-refractivity contribution is -0.148. The summed E-state index contributed by atoms with van der Waals surface area (Å²) in [5.74, 6) is -2.38. The fourth-order valence-electron chi connectivity index (χ4n) is 1.03. The molecule has 0 spiro atoms. The van der Waals surface area contributed by atoms with E-state index < -0.39 is 17.3 Å². The number of unbranched alkanes of at least 4 members (excludes halogenated alkanes) is 1. The normalized spacial score (nSPS) is 14.8. The molecule has 0 unspecified atom stereocenters. The second kappa shape index (κ2) is 5.95. The van der Waals surface area contributed by atoms with Crippen LogP contribution in [-0.4, -0.2) is 34.8 Å². The molecule has 5 N–H and O–H groups in total. The molecule has 1 atom stereocenters. The van der Waals surface area contributed by atoms with Crippen LogP contribution in [0.15, 0.2) is 0 Å². The number of aliphatic carboxylic acids is 1. The number of nitrogens with two attached hydrogens (primary N) is 2. The Labute approximate surface area is 87.4 Å². The molecule has 0 saturated heterocycles. The minimum atomic E-state index is -1.85. The number of rotatable bonds is 7. The first-order chi connectivity index (χ1) is 6.49. The first-order valence-corrected chi connectivity index (χ1v) is 4.84. The zero-order chi connectivity index (χ0) is 11.2. The highest BCUT2D eigenvalue weighted by molar-refractivity contribution is 6.31. The van der Waals surface area contributed by atoms with Crippen molar-refractivity contribution < 1.29 is 14.7 Å². The van der Waals surface area contributed by atoms with Crippen molar-refractivity contribution in [3.8, 4) is 0 Å². The summed E-state index contributed by atoms with van der Waals surface area (Å²) in [6, 6.07) is 0. The van der Waals surface area contributed by atoms with Crippen LogP contribution in [0, 0.1) is 0 Å². The molecule has 14 heavy (non-hydrogen) atoms. The molecule has 0 heterocycles. The van der Waals surface area contributed by atoms with E-state index in [4.69, 9.17) is 28.2 Å². The standard InChI is InChI=1S/C8H15ClN2O3/c9-5-6(12)8(11,7(13)14)3-1-2-4-10/h1-5,10-11H2,(H,13,14)/t8-/m1/s1. The van der Waals surface area contributed by atoms with Gasteiger partial charge >= 0.3 is 5.97 Å². The molecule has 0 aromatic rings. The third-order valence-corrected chi connectivity index (χ3v) is 2.27. The Morgan fingerprint density at radius 1 is 1.36 bits per heavy atom. The fourth-order valence-corrected chi connectivity index (χ4v) is 1.27. The second-order valence-corrected chi connectivity index (χ2v) is 3.35. The molecule has 5 nitrogen and oxygen atoms in total. The van der Waals surface area contributed by atoms with Gasteiger partial charge in [-0.05, 0) is 25.8 Å². The van der Waals surface area contributed by atoms with E-state index in [0.717, 1.165) is 0 Å². The molecule has 0 rings (SSSR count). The smallest absolute Gasteiger partial charge is 0.331 e. The Bertz CT molecular complexity index is 223. The average Bonchev–Trinajstić information content (AvgIpc) is 2.16. The molecule has 0 aliphatic carbocycles. The molecule has 82 valence electrons. The van der Waals surface area contributed by atoms with Crippen molar-refractivity contribution in [2.24, 2.45) is 11.5 Å². The number of hydrogen-bond acceptors (Lipinski definition) is 4. The quantitative estimate of drug-likeness (QED) is 0.312. The molecule has 0 aliphatic rings. The van der Waals surface area contributed by atoms with E-state index in [1.165, 1.54) is 0 Å². The number of carboxylic acids is 1. The number of hydrogen-bond donors (Lipinski definition) is 3. The molecule has 0 radical (unpaired) electrons. The average molecular weight is 223 g/mol. The monoisotopic (exact) mass is 222 g/mol. The van der Waals surface area contributed by atoms with Crippen molar-refractivity contribution in [2.45, 2.75) is 24.8 Å². The zero-order valence-corrected chi connectivity index (χ0v) is 8.59. The summed E-state index contributed by atoms with van der Waals surface area (Å²) in [5.41, 5.74) is 8.85. The Hall–Kier alpha value is -0.650. The second-order valence-electron chi connectivity index (χ2n) is 3.08. The van der Waals surface area contributed by atoms with Crippen molar-refractivity contribution in [3.05, 3.63) is 0 Å². The number of alkyl halides is 1. The maximum atomic E-state index is 11.2. The highest BCUT2D eigenvalue weighted by atomic mass is 35.5. The molecule has 6 heteroatoms. The molecule has 0 saturated carbocycles. The van der Waals surface area contributed by atoms with Crippen LogP contribution in [0.2, 0.25) is 0 Å². The minimum Gasteiger partial charge on any atom is -0.480 e. The summed E-state index contributed by atoms with van der Waals surface area (Å²) in [7, 11) is 0. The molecule has 0 amide bonds. The van der Waals surface area contributed by atoms with E-state index in [9.17, 15) is 9.59 Å². The van der Waals surface area contributed by atoms with Gasteiger partial charge < -0.3 is 16.6 Å². The van der Waals surface area contributed by atoms with Gasteiger partial charge in [-0.3, -0.25) is 4.79 Å². The summed E-state index contributed by atoms with van der Waals surface area (Å²) in [5, 5.41) is 8.80. The number of halogens is 1. The lowest BCUT2D eigenvalue weighted by Crippen LogP contribution is -2.55. The van der Waals surface area contributed by atoms with Gasteiger partial charge in [0.05, 0.1) is 5.88 Å². The highest BCUT2D eigenvalue weighted by Gasteiger charge is 2.40. The Morgan fingerprint density at radius 2 is 1.93 bits per heavy atom. The van der Waals surface area contributed by atoms with Crippen LogP contribution >= 0.6 is 11.6 Å². The molecular formula is C8H15ClN2O3. The van der Waals surface area contributed by atoms with Gasteiger partial charge in [-0.2, -0.15) is 0 Å². The van der Waals surface area contributed by atoms with Crippen molar-refractivity contribution in [2.75, 3.05) is 12.4 Å². The van der Waals surface area contributed by atoms with Gasteiger partial charge in [-0.1, -0.05) is 0 Å². The molecule has 0 aliphatic heterocycles. The third kappa shape index (κ3) is 3.25. The van der Waals surface area contributed by atoms with Crippen LogP contribution in [0.1, 0.15) is 19.3 Å². The van der Waals surface area contributed by atoms with Gasteiger partial charge in [0.2, 0.25) is 0 Å². The van der Waals surface area contributed by atoms with Crippen molar-refractivity contribution in [1.82, 2.24) is 0 Å². The van der Waals surface area contributed by atoms with Gasteiger partial charge in [0.15, 0.2) is 11.3 Å². The van der Waals surface area contributed by atoms with E-state index in [1.54, 1.807) is 0 Å². The van der Waals surface area contributed by atoms with E-state index in [0.29, 0.717) is 19.4 Å². The van der Waals surface area contributed by atoms with Gasteiger partial charge in [0.1, 0.15) is 0 Å². The van der Waals surface area contributed by atoms with Gasteiger partial charge in [0, 0.05) is 0 Å². The summed E-state index contributed by atoms with van der Waals surface area (Å²) in [4.78, 5) is 22.0. The number of Topliss-reactive ketones (excluding diaryl/α,β-unsaturated/α-hetero) is 1. The zero-order valence-electron chi connectivity index (χ0n) is 7.83. The highest BCUT2D eigenvalue weighted by Crippen LogP contribution is 2.14. The topological polar surface area (TPSA) is 106 Å². The summed E-state index contributed by atoms with van der Waals surface area (Å²) < 4.78 is 0. The van der Waals surface area contributed by atoms with Crippen molar-refractivity contribution in [3.63, 3.8) is 0 Å². The first-order valence-electron chi connectivity index (χ1n) is 4.30. The lowest BCUT2D eigenvalue weighted by Gasteiger charge is -2.21. The van der Waals surface area contributed by atoms with Crippen LogP contribution in [0.3, 0.4) is 0 Å². The summed E-state index contributed by atoms with van der Waals surface area (Å²) >= 11 is 5.28. The predicted octanol–water partition coefficient (Wildman–Crippen LogP) is -0.295. The number of carbonyl (C=O) groups excluding carboxylic acids is 1. The number of ketones is 1. The molecule has 0 aromatic carbocycles. The van der Waals surface area contributed by atoms with E-state index in [-0.39, 0.29) is 12.3 Å². The molecular weight excluding hydrogens is 208 g/mol. The third-order valence-electron chi connectivity index (χ3n) is 2.03. The van der Waals surface area contributed by atoms with Crippen LogP contribution < -0.4 is 11.5 Å². The maximum absolute atomic E-state index is 11.2. The first kappa shape index (κ1) is 13.4. The number of carbonyl (C=O) groups is 2. The maximum Gasteiger partial charge on any atom is 0.331 e. The lowest BCUT2D eigenvalue weighted by atomic mass is 9.90.